The molecule has 214 valence electrons. The van der Waals surface area contributed by atoms with Crippen molar-refractivity contribution in [1.82, 2.24) is 9.88 Å². The van der Waals surface area contributed by atoms with Crippen LogP contribution in [0.2, 0.25) is 0 Å². The molecule has 1 saturated heterocycles. The molecule has 0 N–H and O–H groups in total. The van der Waals surface area contributed by atoms with E-state index in [0.717, 1.165) is 17.5 Å². The monoisotopic (exact) mass is 546 g/mol. The molecule has 2 heterocycles. The van der Waals surface area contributed by atoms with Gasteiger partial charge in [-0.2, -0.15) is 0 Å². The molecule has 3 atom stereocenters. The smallest absolute Gasteiger partial charge is 0.412 e. The van der Waals surface area contributed by atoms with E-state index in [-0.39, 0.29) is 12.1 Å². The topological polar surface area (TPSA) is 70.1 Å². The third-order valence-electron chi connectivity index (χ3n) is 6.77. The van der Waals surface area contributed by atoms with Crippen LogP contribution < -0.4 is 9.47 Å². The minimum absolute atomic E-state index is 0.318. The number of carbonyl (C=O) groups excluding carboxylic acids is 1. The quantitative estimate of drug-likeness (QED) is 0.268. The van der Waals surface area contributed by atoms with Gasteiger partial charge in [0.15, 0.2) is 5.75 Å². The highest BCUT2D eigenvalue weighted by atomic mass is 16.6. The van der Waals surface area contributed by atoms with E-state index >= 15 is 0 Å². The summed E-state index contributed by atoms with van der Waals surface area (Å²) >= 11 is 0. The molecule has 40 heavy (non-hydrogen) atoms. The summed E-state index contributed by atoms with van der Waals surface area (Å²) in [6.07, 6.45) is 2.66. The zero-order valence-electron chi connectivity index (χ0n) is 24.5. The number of amides is 1. The summed E-state index contributed by atoms with van der Waals surface area (Å²) < 4.78 is 25.3. The van der Waals surface area contributed by atoms with Gasteiger partial charge in [0.1, 0.15) is 30.1 Å². The molecule has 1 aromatic heterocycles. The maximum absolute atomic E-state index is 13.6. The average Bonchev–Trinajstić information content (AvgIpc) is 3.17. The molecule has 2 aromatic carbocycles. The number of rotatable bonds is 10. The molecule has 1 aliphatic heterocycles. The fraction of sp³-hybridized carbons (Fsp3) is 0.455. The third kappa shape index (κ3) is 7.54. The first-order chi connectivity index (χ1) is 19.1. The number of ether oxygens (including phenoxy) is 4. The van der Waals surface area contributed by atoms with Crippen LogP contribution in [0.25, 0.3) is 0 Å². The van der Waals surface area contributed by atoms with Crippen molar-refractivity contribution in [3.63, 3.8) is 0 Å². The molecule has 4 rings (SSSR count). The van der Waals surface area contributed by atoms with Crippen LogP contribution in [0.15, 0.2) is 79.0 Å². The van der Waals surface area contributed by atoms with Crippen molar-refractivity contribution in [2.24, 2.45) is 0 Å². The standard InChI is InChI=1S/C33H42N2O5/c1-7-15-27(38-30-28(20-14-21-34-30)37-23-25-18-12-9-13-19-25)29-26(22-24-16-10-8-11-17-24)35(33(5,6)39-29)31(36)40-32(2,3)4/h8-14,16-21,26-27,29H,7,15,22-23H2,1-6H3/t26-,27?,29+/m0/s1. The zero-order chi connectivity index (χ0) is 28.8. The van der Waals surface area contributed by atoms with Gasteiger partial charge in [-0.05, 0) is 70.7 Å². The van der Waals surface area contributed by atoms with Crippen molar-refractivity contribution in [3.8, 4) is 11.6 Å². The van der Waals surface area contributed by atoms with Gasteiger partial charge in [-0.25, -0.2) is 9.78 Å². The van der Waals surface area contributed by atoms with E-state index in [1.165, 1.54) is 0 Å². The summed E-state index contributed by atoms with van der Waals surface area (Å²) in [6.45, 7) is 12.0. The lowest BCUT2D eigenvalue weighted by Crippen LogP contribution is -2.52. The molecular formula is C33H42N2O5. The molecule has 0 bridgehead atoms. The van der Waals surface area contributed by atoms with Crippen LogP contribution in [0.5, 0.6) is 11.6 Å². The minimum Gasteiger partial charge on any atom is -0.483 e. The van der Waals surface area contributed by atoms with Crippen molar-refractivity contribution >= 4 is 6.09 Å². The SMILES string of the molecule is CCCC(Oc1ncccc1OCc1ccccc1)[C@@H]1OC(C)(C)N(C(=O)OC(C)(C)C)[C@H]1Cc1ccccc1. The first-order valence-electron chi connectivity index (χ1n) is 14.1. The van der Waals surface area contributed by atoms with Gasteiger partial charge in [-0.3, -0.25) is 4.90 Å². The van der Waals surface area contributed by atoms with Crippen molar-refractivity contribution in [2.45, 2.75) is 97.0 Å². The number of hydrogen-bond donors (Lipinski definition) is 0. The Kier molecular flexibility index (Phi) is 9.36. The van der Waals surface area contributed by atoms with Crippen LogP contribution in [0.4, 0.5) is 4.79 Å². The van der Waals surface area contributed by atoms with Gasteiger partial charge in [0, 0.05) is 6.20 Å². The summed E-state index contributed by atoms with van der Waals surface area (Å²) in [6, 6.07) is 23.5. The molecule has 1 unspecified atom stereocenters. The lowest BCUT2D eigenvalue weighted by molar-refractivity contribution is -0.100. The Morgan fingerprint density at radius 1 is 1.00 bits per heavy atom. The Hall–Kier alpha value is -3.58. The molecule has 3 aromatic rings. The van der Waals surface area contributed by atoms with E-state index in [2.05, 4.69) is 24.0 Å². The summed E-state index contributed by atoms with van der Waals surface area (Å²) in [5, 5.41) is 0. The fourth-order valence-corrected chi connectivity index (χ4v) is 5.10. The van der Waals surface area contributed by atoms with E-state index in [1.54, 1.807) is 11.1 Å². The second-order valence-corrected chi connectivity index (χ2v) is 11.7. The lowest BCUT2D eigenvalue weighted by Gasteiger charge is -2.35. The van der Waals surface area contributed by atoms with Crippen molar-refractivity contribution in [2.75, 3.05) is 0 Å². The maximum atomic E-state index is 13.6. The van der Waals surface area contributed by atoms with Gasteiger partial charge in [0.05, 0.1) is 6.04 Å². The highest BCUT2D eigenvalue weighted by molar-refractivity contribution is 5.70. The Morgan fingerprint density at radius 2 is 1.65 bits per heavy atom. The van der Waals surface area contributed by atoms with E-state index in [4.69, 9.17) is 18.9 Å². The number of hydrogen-bond acceptors (Lipinski definition) is 6. The van der Waals surface area contributed by atoms with Gasteiger partial charge < -0.3 is 18.9 Å². The van der Waals surface area contributed by atoms with Crippen LogP contribution in [0.1, 0.15) is 65.5 Å². The van der Waals surface area contributed by atoms with Gasteiger partial charge in [-0.1, -0.05) is 74.0 Å². The Bertz CT molecular complexity index is 1230. The molecule has 1 amide bonds. The Morgan fingerprint density at radius 3 is 2.27 bits per heavy atom. The second-order valence-electron chi connectivity index (χ2n) is 11.7. The van der Waals surface area contributed by atoms with E-state index in [9.17, 15) is 4.79 Å². The van der Waals surface area contributed by atoms with Crippen LogP contribution in [0.3, 0.4) is 0 Å². The van der Waals surface area contributed by atoms with E-state index in [0.29, 0.717) is 31.1 Å². The first kappa shape index (κ1) is 29.4. The van der Waals surface area contributed by atoms with Gasteiger partial charge in [0.25, 0.3) is 5.88 Å². The molecular weight excluding hydrogens is 504 g/mol. The average molecular weight is 547 g/mol. The normalized spacial score (nSPS) is 19.2. The number of benzene rings is 2. The summed E-state index contributed by atoms with van der Waals surface area (Å²) in [7, 11) is 0. The summed E-state index contributed by atoms with van der Waals surface area (Å²) in [4.78, 5) is 19.9. The van der Waals surface area contributed by atoms with Gasteiger partial charge >= 0.3 is 6.09 Å². The lowest BCUT2D eigenvalue weighted by atomic mass is 9.95. The van der Waals surface area contributed by atoms with Gasteiger partial charge in [-0.15, -0.1) is 0 Å². The highest BCUT2D eigenvalue weighted by Crippen LogP contribution is 2.39. The second kappa shape index (κ2) is 12.7. The number of pyridine rings is 1. The van der Waals surface area contributed by atoms with Crippen LogP contribution >= 0.6 is 0 Å². The molecule has 0 spiro atoms. The van der Waals surface area contributed by atoms with Crippen LogP contribution in [-0.2, 0) is 22.5 Å². The third-order valence-corrected chi connectivity index (χ3v) is 6.77. The number of aromatic nitrogens is 1. The maximum Gasteiger partial charge on any atom is 0.412 e. The predicted octanol–water partition coefficient (Wildman–Crippen LogP) is 7.19. The molecule has 0 aliphatic carbocycles. The number of carbonyl (C=O) groups is 1. The number of nitrogens with zero attached hydrogens (tertiary/aromatic N) is 2. The Balaban J connectivity index is 1.64. The van der Waals surface area contributed by atoms with E-state index in [1.807, 2.05) is 95.3 Å². The molecule has 1 aliphatic rings. The molecule has 7 nitrogen and oxygen atoms in total. The zero-order valence-corrected chi connectivity index (χ0v) is 24.5. The van der Waals surface area contributed by atoms with Gasteiger partial charge in [0.2, 0.25) is 0 Å². The highest BCUT2D eigenvalue weighted by Gasteiger charge is 2.54. The largest absolute Gasteiger partial charge is 0.483 e. The van der Waals surface area contributed by atoms with E-state index < -0.39 is 23.5 Å². The van der Waals surface area contributed by atoms with Crippen molar-refractivity contribution < 1.29 is 23.7 Å². The minimum atomic E-state index is -0.904. The van der Waals surface area contributed by atoms with Crippen molar-refractivity contribution in [1.29, 1.82) is 0 Å². The molecule has 1 fully saturated rings. The summed E-state index contributed by atoms with van der Waals surface area (Å²) in [5.41, 5.74) is 0.617. The Labute approximate surface area is 238 Å². The first-order valence-corrected chi connectivity index (χ1v) is 14.1. The predicted molar refractivity (Wildman–Crippen MR) is 155 cm³/mol. The molecule has 0 saturated carbocycles. The van der Waals surface area contributed by atoms with Crippen molar-refractivity contribution in [3.05, 3.63) is 90.1 Å². The molecule has 7 heteroatoms. The fourth-order valence-electron chi connectivity index (χ4n) is 5.10. The summed E-state index contributed by atoms with van der Waals surface area (Å²) in [5.74, 6) is 0.973. The van der Waals surface area contributed by atoms with Crippen LogP contribution in [-0.4, -0.2) is 45.6 Å². The molecule has 0 radical (unpaired) electrons. The van der Waals surface area contributed by atoms with Crippen LogP contribution in [0, 0.1) is 0 Å².